The van der Waals surface area contributed by atoms with Crippen molar-refractivity contribution in [1.82, 2.24) is 5.32 Å². The molecule has 0 saturated heterocycles. The highest BCUT2D eigenvalue weighted by atomic mass is 16.5. The van der Waals surface area contributed by atoms with E-state index < -0.39 is 0 Å². The van der Waals surface area contributed by atoms with Crippen molar-refractivity contribution in [3.05, 3.63) is 24.3 Å². The number of hydrogen-bond donors (Lipinski definition) is 3. The molecular weight excluding hydrogens is 234 g/mol. The Morgan fingerprint density at radius 3 is 2.72 bits per heavy atom. The van der Waals surface area contributed by atoms with Crippen LogP contribution in [0.25, 0.3) is 0 Å². The van der Waals surface area contributed by atoms with Crippen molar-refractivity contribution in [2.24, 2.45) is 0 Å². The predicted molar refractivity (Wildman–Crippen MR) is 67.5 cm³/mol. The van der Waals surface area contributed by atoms with Gasteiger partial charge < -0.3 is 20.3 Å². The molecule has 100 valence electrons. The summed E-state index contributed by atoms with van der Waals surface area (Å²) in [7, 11) is 0. The smallest absolute Gasteiger partial charge is 0.257 e. The summed E-state index contributed by atoms with van der Waals surface area (Å²) in [6.45, 7) is 0.644. The van der Waals surface area contributed by atoms with Gasteiger partial charge in [0, 0.05) is 13.2 Å². The van der Waals surface area contributed by atoms with E-state index in [4.69, 9.17) is 9.84 Å². The Hall–Kier alpha value is -1.75. The van der Waals surface area contributed by atoms with Gasteiger partial charge in [-0.05, 0) is 31.4 Å². The van der Waals surface area contributed by atoms with Gasteiger partial charge in [0.1, 0.15) is 0 Å². The largest absolute Gasteiger partial charge is 0.504 e. The van der Waals surface area contributed by atoms with E-state index in [9.17, 15) is 9.90 Å². The van der Waals surface area contributed by atoms with Crippen LogP contribution in [0.15, 0.2) is 24.3 Å². The minimum Gasteiger partial charge on any atom is -0.504 e. The first-order chi connectivity index (χ1) is 8.74. The molecule has 5 heteroatoms. The van der Waals surface area contributed by atoms with Gasteiger partial charge in [0.25, 0.3) is 5.91 Å². The highest BCUT2D eigenvalue weighted by Gasteiger charge is 2.04. The summed E-state index contributed by atoms with van der Waals surface area (Å²) >= 11 is 0. The van der Waals surface area contributed by atoms with E-state index in [1.54, 1.807) is 18.2 Å². The number of aromatic hydroxyl groups is 1. The third-order valence-electron chi connectivity index (χ3n) is 2.38. The van der Waals surface area contributed by atoms with Crippen LogP contribution >= 0.6 is 0 Å². The number of carbonyl (C=O) groups is 1. The summed E-state index contributed by atoms with van der Waals surface area (Å²) in [6.07, 6.45) is 2.48. The number of para-hydroxylation sites is 2. The molecule has 0 bridgehead atoms. The van der Waals surface area contributed by atoms with Crippen LogP contribution in [0, 0.1) is 0 Å². The second kappa shape index (κ2) is 8.36. The maximum atomic E-state index is 11.4. The van der Waals surface area contributed by atoms with Crippen molar-refractivity contribution in [3.8, 4) is 11.5 Å². The highest BCUT2D eigenvalue weighted by molar-refractivity contribution is 5.77. The van der Waals surface area contributed by atoms with Gasteiger partial charge in [-0.3, -0.25) is 4.79 Å². The van der Waals surface area contributed by atoms with Gasteiger partial charge in [-0.15, -0.1) is 0 Å². The van der Waals surface area contributed by atoms with E-state index in [-0.39, 0.29) is 24.9 Å². The molecule has 5 nitrogen and oxygen atoms in total. The zero-order valence-electron chi connectivity index (χ0n) is 10.3. The number of amides is 1. The summed E-state index contributed by atoms with van der Waals surface area (Å²) in [5.74, 6) is 0.100. The maximum absolute atomic E-state index is 11.4. The van der Waals surface area contributed by atoms with Gasteiger partial charge in [-0.25, -0.2) is 0 Å². The molecule has 0 radical (unpaired) electrons. The molecule has 0 aromatic heterocycles. The Labute approximate surface area is 106 Å². The Morgan fingerprint density at radius 1 is 1.22 bits per heavy atom. The number of aliphatic hydroxyl groups excluding tert-OH is 1. The normalized spacial score (nSPS) is 10.1. The van der Waals surface area contributed by atoms with Gasteiger partial charge in [0.05, 0.1) is 0 Å². The van der Waals surface area contributed by atoms with Gasteiger partial charge in [-0.2, -0.15) is 0 Å². The molecule has 0 heterocycles. The number of unbranched alkanes of at least 4 members (excludes halogenated alkanes) is 2. The zero-order valence-corrected chi connectivity index (χ0v) is 10.3. The number of hydrogen-bond acceptors (Lipinski definition) is 4. The Bertz CT molecular complexity index is 368. The van der Waals surface area contributed by atoms with Gasteiger partial charge in [0.15, 0.2) is 18.1 Å². The van der Waals surface area contributed by atoms with Gasteiger partial charge in [-0.1, -0.05) is 12.1 Å². The lowest BCUT2D eigenvalue weighted by molar-refractivity contribution is -0.123. The van der Waals surface area contributed by atoms with E-state index in [0.29, 0.717) is 12.3 Å². The third kappa shape index (κ3) is 5.54. The van der Waals surface area contributed by atoms with E-state index in [1.807, 2.05) is 0 Å². The standard InChI is InChI=1S/C13H19NO4/c15-9-5-1-4-8-14-13(17)10-18-12-7-3-2-6-11(12)16/h2-3,6-7,15-16H,1,4-5,8-10H2,(H,14,17). The molecule has 1 aromatic carbocycles. The number of nitrogens with one attached hydrogen (secondary N) is 1. The average molecular weight is 253 g/mol. The monoisotopic (exact) mass is 253 g/mol. The van der Waals surface area contributed by atoms with Crippen LogP contribution in [0.5, 0.6) is 11.5 Å². The predicted octanol–water partition coefficient (Wildman–Crippen LogP) is 1.05. The quantitative estimate of drug-likeness (QED) is 0.605. The molecule has 1 rings (SSSR count). The molecule has 0 spiro atoms. The van der Waals surface area contributed by atoms with Crippen LogP contribution < -0.4 is 10.1 Å². The van der Waals surface area contributed by atoms with E-state index in [1.165, 1.54) is 6.07 Å². The minimum absolute atomic E-state index is 0.0215. The topological polar surface area (TPSA) is 78.8 Å². The lowest BCUT2D eigenvalue weighted by atomic mass is 10.2. The molecule has 0 aliphatic carbocycles. The van der Waals surface area contributed by atoms with Crippen molar-refractivity contribution in [1.29, 1.82) is 0 Å². The van der Waals surface area contributed by atoms with Crippen molar-refractivity contribution in [3.63, 3.8) is 0 Å². The van der Waals surface area contributed by atoms with Crippen LogP contribution in [0.3, 0.4) is 0 Å². The summed E-state index contributed by atoms with van der Waals surface area (Å²) in [5.41, 5.74) is 0. The van der Waals surface area contributed by atoms with Crippen molar-refractivity contribution in [2.75, 3.05) is 19.8 Å². The molecule has 0 fully saturated rings. The van der Waals surface area contributed by atoms with Gasteiger partial charge >= 0.3 is 0 Å². The number of phenols is 1. The summed E-state index contributed by atoms with van der Waals surface area (Å²) in [6, 6.07) is 6.51. The molecule has 3 N–H and O–H groups in total. The first kappa shape index (κ1) is 14.3. The minimum atomic E-state index is -0.220. The number of carbonyl (C=O) groups excluding carboxylic acids is 1. The summed E-state index contributed by atoms with van der Waals surface area (Å²) < 4.78 is 5.17. The number of benzene rings is 1. The zero-order chi connectivity index (χ0) is 13.2. The van der Waals surface area contributed by atoms with Crippen LogP contribution in [-0.4, -0.2) is 35.9 Å². The molecule has 0 saturated carbocycles. The first-order valence-electron chi connectivity index (χ1n) is 6.02. The van der Waals surface area contributed by atoms with Crippen LogP contribution in [-0.2, 0) is 4.79 Å². The van der Waals surface area contributed by atoms with E-state index in [2.05, 4.69) is 5.32 Å². The molecule has 0 atom stereocenters. The third-order valence-corrected chi connectivity index (χ3v) is 2.38. The lowest BCUT2D eigenvalue weighted by Crippen LogP contribution is -2.29. The number of rotatable bonds is 8. The second-order valence-electron chi connectivity index (χ2n) is 3.89. The molecule has 1 aromatic rings. The van der Waals surface area contributed by atoms with E-state index >= 15 is 0 Å². The molecule has 0 unspecified atom stereocenters. The number of phenolic OH excluding ortho intramolecular Hbond substituents is 1. The van der Waals surface area contributed by atoms with Gasteiger partial charge in [0.2, 0.25) is 0 Å². The van der Waals surface area contributed by atoms with Crippen molar-refractivity contribution >= 4 is 5.91 Å². The SMILES string of the molecule is O=C(COc1ccccc1O)NCCCCCO. The summed E-state index contributed by atoms with van der Waals surface area (Å²) in [5, 5.41) is 20.7. The number of ether oxygens (including phenoxy) is 1. The second-order valence-corrected chi connectivity index (χ2v) is 3.89. The molecule has 18 heavy (non-hydrogen) atoms. The Morgan fingerprint density at radius 2 is 2.00 bits per heavy atom. The fourth-order valence-corrected chi connectivity index (χ4v) is 1.41. The molecule has 1 amide bonds. The Kier molecular flexibility index (Phi) is 6.64. The Balaban J connectivity index is 2.15. The average Bonchev–Trinajstić information content (AvgIpc) is 2.37. The molecule has 0 aliphatic rings. The molecule has 0 aliphatic heterocycles. The maximum Gasteiger partial charge on any atom is 0.257 e. The fourth-order valence-electron chi connectivity index (χ4n) is 1.41. The lowest BCUT2D eigenvalue weighted by Gasteiger charge is -2.08. The first-order valence-corrected chi connectivity index (χ1v) is 6.02. The van der Waals surface area contributed by atoms with E-state index in [0.717, 1.165) is 19.3 Å². The molecular formula is C13H19NO4. The summed E-state index contributed by atoms with van der Waals surface area (Å²) in [4.78, 5) is 11.4. The van der Waals surface area contributed by atoms with Crippen LogP contribution in [0.1, 0.15) is 19.3 Å². The number of aliphatic hydroxyl groups is 1. The fraction of sp³-hybridized carbons (Fsp3) is 0.462. The highest BCUT2D eigenvalue weighted by Crippen LogP contribution is 2.23. The van der Waals surface area contributed by atoms with Crippen molar-refractivity contribution < 1.29 is 19.7 Å². The van der Waals surface area contributed by atoms with Crippen LogP contribution in [0.2, 0.25) is 0 Å². The van der Waals surface area contributed by atoms with Crippen LogP contribution in [0.4, 0.5) is 0 Å². The van der Waals surface area contributed by atoms with Crippen molar-refractivity contribution in [2.45, 2.75) is 19.3 Å².